The van der Waals surface area contributed by atoms with E-state index in [-0.39, 0.29) is 5.91 Å². The Kier molecular flexibility index (Phi) is 5.37. The summed E-state index contributed by atoms with van der Waals surface area (Å²) in [6.45, 7) is 6.35. The summed E-state index contributed by atoms with van der Waals surface area (Å²) in [6.07, 6.45) is 5.39. The average molecular weight is 344 g/mol. The van der Waals surface area contributed by atoms with Crippen LogP contribution in [0, 0.1) is 6.92 Å². The van der Waals surface area contributed by atoms with Crippen LogP contribution >= 0.6 is 0 Å². The van der Waals surface area contributed by atoms with Gasteiger partial charge in [0.2, 0.25) is 0 Å². The molecule has 0 saturated carbocycles. The monoisotopic (exact) mass is 344 g/mol. The second kappa shape index (κ2) is 7.87. The van der Waals surface area contributed by atoms with E-state index >= 15 is 0 Å². The van der Waals surface area contributed by atoms with E-state index in [1.54, 1.807) is 19.2 Å². The molecular formula is C17H24N6O2. The zero-order chi connectivity index (χ0) is 17.6. The molecule has 1 aliphatic rings. The van der Waals surface area contributed by atoms with Gasteiger partial charge in [0.1, 0.15) is 0 Å². The third-order valence-electron chi connectivity index (χ3n) is 4.20. The van der Waals surface area contributed by atoms with Crippen LogP contribution in [-0.2, 0) is 6.54 Å². The molecule has 2 aromatic rings. The standard InChI is InChI=1S/C17H24N6O2/c1-14-12-20-23(13-14)6-5-19-17(18-2)22-9-7-21(8-10-22)16(24)15-4-3-11-25-15/h3-4,11-13H,5-10H2,1-2H3,(H,18,19). The van der Waals surface area contributed by atoms with E-state index in [9.17, 15) is 4.79 Å². The summed E-state index contributed by atoms with van der Waals surface area (Å²) in [6, 6.07) is 3.43. The van der Waals surface area contributed by atoms with Gasteiger partial charge in [-0.15, -0.1) is 0 Å². The number of carbonyl (C=O) groups excluding carboxylic acids is 1. The summed E-state index contributed by atoms with van der Waals surface area (Å²) in [5.41, 5.74) is 1.15. The van der Waals surface area contributed by atoms with Gasteiger partial charge in [-0.1, -0.05) is 0 Å². The van der Waals surface area contributed by atoms with Gasteiger partial charge in [-0.05, 0) is 24.6 Å². The minimum Gasteiger partial charge on any atom is -0.459 e. The van der Waals surface area contributed by atoms with Crippen LogP contribution in [0.25, 0.3) is 0 Å². The van der Waals surface area contributed by atoms with E-state index in [1.165, 1.54) is 6.26 Å². The fourth-order valence-corrected chi connectivity index (χ4v) is 2.88. The molecule has 8 heteroatoms. The number of aliphatic imine (C=N–C) groups is 1. The van der Waals surface area contributed by atoms with Crippen LogP contribution in [0.5, 0.6) is 0 Å². The number of nitrogens with zero attached hydrogens (tertiary/aromatic N) is 5. The van der Waals surface area contributed by atoms with Crippen LogP contribution < -0.4 is 5.32 Å². The second-order valence-corrected chi connectivity index (χ2v) is 6.01. The van der Waals surface area contributed by atoms with Gasteiger partial charge in [-0.25, -0.2) is 0 Å². The molecule has 134 valence electrons. The van der Waals surface area contributed by atoms with Crippen molar-refractivity contribution in [2.75, 3.05) is 39.8 Å². The highest BCUT2D eigenvalue weighted by molar-refractivity contribution is 5.91. The molecule has 2 aromatic heterocycles. The lowest BCUT2D eigenvalue weighted by Gasteiger charge is -2.36. The summed E-state index contributed by atoms with van der Waals surface area (Å²) in [5, 5.41) is 7.64. The van der Waals surface area contributed by atoms with Crippen molar-refractivity contribution in [3.8, 4) is 0 Å². The Hall–Kier alpha value is -2.77. The van der Waals surface area contributed by atoms with Gasteiger partial charge in [0.15, 0.2) is 11.7 Å². The summed E-state index contributed by atoms with van der Waals surface area (Å²) in [7, 11) is 1.78. The molecule has 1 amide bonds. The average Bonchev–Trinajstić information content (AvgIpc) is 3.30. The molecule has 0 aromatic carbocycles. The van der Waals surface area contributed by atoms with Crippen LogP contribution in [0.15, 0.2) is 40.2 Å². The predicted octanol–water partition coefficient (Wildman–Crippen LogP) is 0.818. The van der Waals surface area contributed by atoms with Crippen molar-refractivity contribution in [3.63, 3.8) is 0 Å². The number of aryl methyl sites for hydroxylation is 1. The molecule has 8 nitrogen and oxygen atoms in total. The number of aromatic nitrogens is 2. The summed E-state index contributed by atoms with van der Waals surface area (Å²) in [4.78, 5) is 20.6. The molecule has 1 saturated heterocycles. The number of hydrogen-bond acceptors (Lipinski definition) is 4. The maximum atomic E-state index is 12.3. The van der Waals surface area contributed by atoms with E-state index in [1.807, 2.05) is 28.9 Å². The highest BCUT2D eigenvalue weighted by Crippen LogP contribution is 2.09. The maximum Gasteiger partial charge on any atom is 0.289 e. The molecule has 0 unspecified atom stereocenters. The fourth-order valence-electron chi connectivity index (χ4n) is 2.88. The predicted molar refractivity (Wildman–Crippen MR) is 94.5 cm³/mol. The molecule has 1 fully saturated rings. The third-order valence-corrected chi connectivity index (χ3v) is 4.20. The van der Waals surface area contributed by atoms with Crippen molar-refractivity contribution in [1.82, 2.24) is 24.9 Å². The first-order chi connectivity index (χ1) is 12.2. The third kappa shape index (κ3) is 4.20. The van der Waals surface area contributed by atoms with Gasteiger partial charge in [-0.2, -0.15) is 5.10 Å². The number of rotatable bonds is 4. The van der Waals surface area contributed by atoms with Gasteiger partial charge in [0.25, 0.3) is 5.91 Å². The van der Waals surface area contributed by atoms with Crippen molar-refractivity contribution in [3.05, 3.63) is 42.1 Å². The zero-order valence-electron chi connectivity index (χ0n) is 14.7. The lowest BCUT2D eigenvalue weighted by atomic mass is 10.3. The first kappa shape index (κ1) is 17.1. The number of amides is 1. The normalized spacial score (nSPS) is 15.5. The molecule has 3 rings (SSSR count). The zero-order valence-corrected chi connectivity index (χ0v) is 14.7. The lowest BCUT2D eigenvalue weighted by Crippen LogP contribution is -2.54. The topological polar surface area (TPSA) is 78.9 Å². The van der Waals surface area contributed by atoms with Crippen LogP contribution in [0.2, 0.25) is 0 Å². The van der Waals surface area contributed by atoms with Crippen molar-refractivity contribution in [2.24, 2.45) is 4.99 Å². The highest BCUT2D eigenvalue weighted by atomic mass is 16.3. The highest BCUT2D eigenvalue weighted by Gasteiger charge is 2.24. The minimum absolute atomic E-state index is 0.0540. The molecule has 3 heterocycles. The Morgan fingerprint density at radius 3 is 2.68 bits per heavy atom. The first-order valence-electron chi connectivity index (χ1n) is 8.45. The Balaban J connectivity index is 1.46. The second-order valence-electron chi connectivity index (χ2n) is 6.01. The van der Waals surface area contributed by atoms with Gasteiger partial charge >= 0.3 is 0 Å². The Morgan fingerprint density at radius 2 is 2.08 bits per heavy atom. The summed E-state index contributed by atoms with van der Waals surface area (Å²) in [5.74, 6) is 1.20. The van der Waals surface area contributed by atoms with E-state index < -0.39 is 0 Å². The largest absolute Gasteiger partial charge is 0.459 e. The number of nitrogens with one attached hydrogen (secondary N) is 1. The quantitative estimate of drug-likeness (QED) is 0.656. The van der Waals surface area contributed by atoms with E-state index in [0.29, 0.717) is 18.8 Å². The van der Waals surface area contributed by atoms with Crippen LogP contribution in [-0.4, -0.2) is 71.2 Å². The van der Waals surface area contributed by atoms with Crippen molar-refractivity contribution < 1.29 is 9.21 Å². The lowest BCUT2D eigenvalue weighted by molar-refractivity contribution is 0.0657. The summed E-state index contributed by atoms with van der Waals surface area (Å²) >= 11 is 0. The molecule has 0 atom stereocenters. The molecule has 0 bridgehead atoms. The van der Waals surface area contributed by atoms with E-state index in [2.05, 4.69) is 20.3 Å². The van der Waals surface area contributed by atoms with Crippen LogP contribution in [0.1, 0.15) is 16.1 Å². The Morgan fingerprint density at radius 1 is 1.32 bits per heavy atom. The molecule has 1 N–H and O–H groups in total. The van der Waals surface area contributed by atoms with Crippen LogP contribution in [0.3, 0.4) is 0 Å². The van der Waals surface area contributed by atoms with Crippen LogP contribution in [0.4, 0.5) is 0 Å². The Labute approximate surface area is 147 Å². The van der Waals surface area contributed by atoms with E-state index in [0.717, 1.165) is 37.7 Å². The smallest absolute Gasteiger partial charge is 0.289 e. The number of hydrogen-bond donors (Lipinski definition) is 1. The number of furan rings is 1. The van der Waals surface area contributed by atoms with Gasteiger partial charge < -0.3 is 19.5 Å². The van der Waals surface area contributed by atoms with Gasteiger partial charge in [0, 0.05) is 46.0 Å². The SMILES string of the molecule is CN=C(NCCn1cc(C)cn1)N1CCN(C(=O)c2ccco2)CC1. The molecule has 1 aliphatic heterocycles. The number of carbonyl (C=O) groups is 1. The molecular weight excluding hydrogens is 320 g/mol. The Bertz CT molecular complexity index is 713. The molecule has 0 radical (unpaired) electrons. The maximum absolute atomic E-state index is 12.3. The van der Waals surface area contributed by atoms with E-state index in [4.69, 9.17) is 4.42 Å². The molecule has 0 aliphatic carbocycles. The summed E-state index contributed by atoms with van der Waals surface area (Å²) < 4.78 is 7.10. The fraction of sp³-hybridized carbons (Fsp3) is 0.471. The van der Waals surface area contributed by atoms with Gasteiger partial charge in [-0.3, -0.25) is 14.5 Å². The van der Waals surface area contributed by atoms with Gasteiger partial charge in [0.05, 0.1) is 19.0 Å². The van der Waals surface area contributed by atoms with Crippen molar-refractivity contribution in [2.45, 2.75) is 13.5 Å². The minimum atomic E-state index is -0.0540. The molecule has 0 spiro atoms. The number of piperazine rings is 1. The number of guanidine groups is 1. The first-order valence-corrected chi connectivity index (χ1v) is 8.45. The molecule has 25 heavy (non-hydrogen) atoms. The van der Waals surface area contributed by atoms with Crippen molar-refractivity contribution in [1.29, 1.82) is 0 Å². The van der Waals surface area contributed by atoms with Crippen molar-refractivity contribution >= 4 is 11.9 Å².